The van der Waals surface area contributed by atoms with E-state index >= 15 is 0 Å². The molecule has 6 heteroatoms. The molecule has 1 N–H and O–H groups in total. The molecule has 2 heterocycles. The molecule has 0 spiro atoms. The largest absolute Gasteiger partial charge is 0.316 e. The van der Waals surface area contributed by atoms with Crippen LogP contribution >= 0.6 is 27.5 Å². The van der Waals surface area contributed by atoms with Gasteiger partial charge in [-0.25, -0.2) is 9.67 Å². The van der Waals surface area contributed by atoms with Crippen LogP contribution in [0.25, 0.3) is 5.82 Å². The smallest absolute Gasteiger partial charge is 0.158 e. The van der Waals surface area contributed by atoms with Crippen LogP contribution in [0.15, 0.2) is 16.7 Å². The molecule has 0 atom stereocenters. The van der Waals surface area contributed by atoms with Crippen molar-refractivity contribution in [1.82, 2.24) is 20.1 Å². The maximum absolute atomic E-state index is 6.17. The maximum atomic E-state index is 6.17. The second kappa shape index (κ2) is 5.38. The van der Waals surface area contributed by atoms with Gasteiger partial charge in [0, 0.05) is 22.8 Å². The molecule has 0 unspecified atom stereocenters. The Morgan fingerprint density at radius 1 is 1.44 bits per heavy atom. The van der Waals surface area contributed by atoms with Crippen LogP contribution in [-0.2, 0) is 6.54 Å². The quantitative estimate of drug-likeness (QED) is 0.941. The SMILES string of the molecule is CNCc1cc(Br)cnc1-n1nc(C)c(Cl)c1C. The molecule has 2 aromatic heterocycles. The number of nitrogens with one attached hydrogen (secondary N) is 1. The Balaban J connectivity index is 2.59. The molecule has 0 aliphatic rings. The fraction of sp³-hybridized carbons (Fsp3) is 0.333. The molecule has 0 radical (unpaired) electrons. The molecule has 96 valence electrons. The molecule has 4 nitrogen and oxygen atoms in total. The fourth-order valence-electron chi connectivity index (χ4n) is 1.82. The van der Waals surface area contributed by atoms with Gasteiger partial charge in [0.15, 0.2) is 5.82 Å². The third kappa shape index (κ3) is 2.43. The second-order valence-electron chi connectivity index (χ2n) is 4.06. The van der Waals surface area contributed by atoms with Gasteiger partial charge in [0.2, 0.25) is 0 Å². The molecule has 0 bridgehead atoms. The van der Waals surface area contributed by atoms with Crippen molar-refractivity contribution in [2.24, 2.45) is 0 Å². The highest BCUT2D eigenvalue weighted by Crippen LogP contribution is 2.24. The van der Waals surface area contributed by atoms with E-state index in [-0.39, 0.29) is 0 Å². The van der Waals surface area contributed by atoms with E-state index in [0.717, 1.165) is 33.8 Å². The number of halogens is 2. The number of rotatable bonds is 3. The van der Waals surface area contributed by atoms with Crippen molar-refractivity contribution >= 4 is 27.5 Å². The van der Waals surface area contributed by atoms with Gasteiger partial charge in [0.05, 0.1) is 16.4 Å². The van der Waals surface area contributed by atoms with E-state index in [1.165, 1.54) is 0 Å². The van der Waals surface area contributed by atoms with Crippen LogP contribution < -0.4 is 5.32 Å². The standard InChI is InChI=1S/C12H14BrClN4/c1-7-11(14)8(2)18(17-7)12-9(5-15-3)4-10(13)6-16-12/h4,6,15H,5H2,1-3H3. The summed E-state index contributed by atoms with van der Waals surface area (Å²) in [4.78, 5) is 4.44. The van der Waals surface area contributed by atoms with Crippen molar-refractivity contribution in [2.45, 2.75) is 20.4 Å². The van der Waals surface area contributed by atoms with Gasteiger partial charge in [-0.05, 0) is 42.9 Å². The summed E-state index contributed by atoms with van der Waals surface area (Å²) in [6.07, 6.45) is 1.76. The zero-order valence-corrected chi connectivity index (χ0v) is 12.8. The summed E-state index contributed by atoms with van der Waals surface area (Å²) in [6.45, 7) is 4.55. The first-order chi connectivity index (χ1) is 8.54. The third-order valence-corrected chi connectivity index (χ3v) is 3.66. The van der Waals surface area contributed by atoms with Crippen molar-refractivity contribution in [1.29, 1.82) is 0 Å². The minimum absolute atomic E-state index is 0.690. The van der Waals surface area contributed by atoms with E-state index in [9.17, 15) is 0 Å². The summed E-state index contributed by atoms with van der Waals surface area (Å²) in [5.41, 5.74) is 2.78. The normalized spacial score (nSPS) is 10.9. The summed E-state index contributed by atoms with van der Waals surface area (Å²) in [5, 5.41) is 8.25. The van der Waals surface area contributed by atoms with Crippen LogP contribution in [-0.4, -0.2) is 21.8 Å². The minimum atomic E-state index is 0.690. The first kappa shape index (κ1) is 13.5. The Morgan fingerprint density at radius 3 is 2.72 bits per heavy atom. The first-order valence-corrected chi connectivity index (χ1v) is 6.72. The fourth-order valence-corrected chi connectivity index (χ4v) is 2.31. The maximum Gasteiger partial charge on any atom is 0.158 e. The molecule has 0 saturated carbocycles. The molecular formula is C12H14BrClN4. The summed E-state index contributed by atoms with van der Waals surface area (Å²) in [5.74, 6) is 0.806. The van der Waals surface area contributed by atoms with Crippen LogP contribution in [0.2, 0.25) is 5.02 Å². The van der Waals surface area contributed by atoms with Gasteiger partial charge in [-0.3, -0.25) is 0 Å². The van der Waals surface area contributed by atoms with Crippen LogP contribution in [0.5, 0.6) is 0 Å². The lowest BCUT2D eigenvalue weighted by molar-refractivity contribution is 0.754. The van der Waals surface area contributed by atoms with Gasteiger partial charge in [-0.2, -0.15) is 5.10 Å². The lowest BCUT2D eigenvalue weighted by Crippen LogP contribution is -2.12. The number of aromatic nitrogens is 3. The second-order valence-corrected chi connectivity index (χ2v) is 5.36. The molecule has 0 fully saturated rings. The van der Waals surface area contributed by atoms with Crippen molar-refractivity contribution in [3.05, 3.63) is 38.7 Å². The van der Waals surface area contributed by atoms with Crippen LogP contribution in [0, 0.1) is 13.8 Å². The topological polar surface area (TPSA) is 42.7 Å². The number of hydrogen-bond acceptors (Lipinski definition) is 3. The Labute approximate surface area is 119 Å². The first-order valence-electron chi connectivity index (χ1n) is 5.55. The predicted octanol–water partition coefficient (Wildman–Crippen LogP) is 3.02. The lowest BCUT2D eigenvalue weighted by Gasteiger charge is -2.10. The van der Waals surface area contributed by atoms with Crippen LogP contribution in [0.1, 0.15) is 17.0 Å². The van der Waals surface area contributed by atoms with E-state index in [1.807, 2.05) is 27.0 Å². The van der Waals surface area contributed by atoms with Crippen LogP contribution in [0.3, 0.4) is 0 Å². The van der Waals surface area contributed by atoms with Gasteiger partial charge < -0.3 is 5.32 Å². The lowest BCUT2D eigenvalue weighted by atomic mass is 10.2. The number of hydrogen-bond donors (Lipinski definition) is 1. The van der Waals surface area contributed by atoms with E-state index in [1.54, 1.807) is 10.9 Å². The Morgan fingerprint density at radius 2 is 2.17 bits per heavy atom. The van der Waals surface area contributed by atoms with Gasteiger partial charge in [-0.1, -0.05) is 11.6 Å². The molecule has 0 amide bonds. The third-order valence-electron chi connectivity index (χ3n) is 2.68. The van der Waals surface area contributed by atoms with Crippen molar-refractivity contribution in [2.75, 3.05) is 7.05 Å². The molecular weight excluding hydrogens is 316 g/mol. The average Bonchev–Trinajstić information content (AvgIpc) is 2.58. The van der Waals surface area contributed by atoms with E-state index in [4.69, 9.17) is 11.6 Å². The van der Waals surface area contributed by atoms with Gasteiger partial charge in [-0.15, -0.1) is 0 Å². The predicted molar refractivity (Wildman–Crippen MR) is 76.3 cm³/mol. The highest BCUT2D eigenvalue weighted by atomic mass is 79.9. The number of nitrogens with zero attached hydrogens (tertiary/aromatic N) is 3. The molecule has 2 aromatic rings. The van der Waals surface area contributed by atoms with Gasteiger partial charge in [0.1, 0.15) is 0 Å². The van der Waals surface area contributed by atoms with E-state index < -0.39 is 0 Å². The summed E-state index contributed by atoms with van der Waals surface area (Å²) < 4.78 is 2.74. The Hall–Kier alpha value is -0.910. The van der Waals surface area contributed by atoms with Gasteiger partial charge >= 0.3 is 0 Å². The van der Waals surface area contributed by atoms with Gasteiger partial charge in [0.25, 0.3) is 0 Å². The molecule has 0 saturated heterocycles. The van der Waals surface area contributed by atoms with Crippen molar-refractivity contribution < 1.29 is 0 Å². The number of aryl methyl sites for hydroxylation is 1. The average molecular weight is 330 g/mol. The Bertz CT molecular complexity index is 580. The van der Waals surface area contributed by atoms with E-state index in [0.29, 0.717) is 5.02 Å². The number of pyridine rings is 1. The highest BCUT2D eigenvalue weighted by Gasteiger charge is 2.14. The summed E-state index contributed by atoms with van der Waals surface area (Å²) >= 11 is 9.60. The summed E-state index contributed by atoms with van der Waals surface area (Å²) in [6, 6.07) is 2.03. The molecule has 0 aromatic carbocycles. The minimum Gasteiger partial charge on any atom is -0.316 e. The van der Waals surface area contributed by atoms with Crippen molar-refractivity contribution in [3.63, 3.8) is 0 Å². The van der Waals surface area contributed by atoms with Crippen LogP contribution in [0.4, 0.5) is 0 Å². The molecule has 0 aliphatic heterocycles. The molecule has 0 aliphatic carbocycles. The molecule has 2 rings (SSSR count). The monoisotopic (exact) mass is 328 g/mol. The molecule has 18 heavy (non-hydrogen) atoms. The highest BCUT2D eigenvalue weighted by molar-refractivity contribution is 9.10. The summed E-state index contributed by atoms with van der Waals surface area (Å²) in [7, 11) is 1.90. The Kier molecular flexibility index (Phi) is 4.04. The zero-order chi connectivity index (χ0) is 13.3. The zero-order valence-electron chi connectivity index (χ0n) is 10.5. The van der Waals surface area contributed by atoms with Crippen molar-refractivity contribution in [3.8, 4) is 5.82 Å². The van der Waals surface area contributed by atoms with E-state index in [2.05, 4.69) is 31.3 Å².